The summed E-state index contributed by atoms with van der Waals surface area (Å²) in [6.45, 7) is 4.75. The fraction of sp³-hybridized carbons (Fsp3) is 0.174. The number of H-pyrrole nitrogens is 1. The molecular weight excluding hydrogens is 465 g/mol. The molecule has 0 aliphatic carbocycles. The van der Waals surface area contributed by atoms with Gasteiger partial charge in [-0.05, 0) is 24.3 Å². The van der Waals surface area contributed by atoms with Gasteiger partial charge in [0.05, 0.1) is 30.5 Å². The van der Waals surface area contributed by atoms with Crippen molar-refractivity contribution in [3.63, 3.8) is 0 Å². The highest BCUT2D eigenvalue weighted by molar-refractivity contribution is 6.35. The second-order valence-corrected chi connectivity index (χ2v) is 7.80. The SMILES string of the molecule is C=CCOC(Cn1ccnc1)c1ccc(Cl)cc1Cl.CN(C(=O)O)c1nc2ccccc2[nH]1. The number of imidazole rings is 2. The molecular formula is C23H23Cl2N5O3. The molecule has 4 aromatic rings. The van der Waals surface area contributed by atoms with E-state index >= 15 is 0 Å². The van der Waals surface area contributed by atoms with Crippen LogP contribution in [0.15, 0.2) is 73.8 Å². The van der Waals surface area contributed by atoms with Gasteiger partial charge in [0.1, 0.15) is 6.10 Å². The van der Waals surface area contributed by atoms with Gasteiger partial charge in [0.15, 0.2) is 0 Å². The number of carboxylic acid groups (broad SMARTS) is 1. The third kappa shape index (κ3) is 6.58. The topological polar surface area (TPSA) is 96.3 Å². The molecule has 0 aliphatic rings. The van der Waals surface area contributed by atoms with E-state index in [-0.39, 0.29) is 6.10 Å². The maximum absolute atomic E-state index is 10.6. The lowest BCUT2D eigenvalue weighted by Gasteiger charge is -2.19. The zero-order valence-corrected chi connectivity index (χ0v) is 19.4. The summed E-state index contributed by atoms with van der Waals surface area (Å²) in [6, 6.07) is 12.8. The number of rotatable bonds is 7. The van der Waals surface area contributed by atoms with Crippen LogP contribution in [0.3, 0.4) is 0 Å². The second kappa shape index (κ2) is 11.5. The molecule has 10 heteroatoms. The molecule has 2 heterocycles. The first kappa shape index (κ1) is 24.3. The molecule has 0 radical (unpaired) electrons. The number of benzene rings is 2. The van der Waals surface area contributed by atoms with Crippen molar-refractivity contribution >= 4 is 46.3 Å². The van der Waals surface area contributed by atoms with Crippen LogP contribution in [0.25, 0.3) is 11.0 Å². The van der Waals surface area contributed by atoms with Crippen LogP contribution in [0.1, 0.15) is 11.7 Å². The Morgan fingerprint density at radius 1 is 1.33 bits per heavy atom. The summed E-state index contributed by atoms with van der Waals surface area (Å²) in [7, 11) is 1.44. The molecule has 0 bridgehead atoms. The molecule has 1 unspecified atom stereocenters. The number of anilines is 1. The van der Waals surface area contributed by atoms with E-state index in [2.05, 4.69) is 21.5 Å². The van der Waals surface area contributed by atoms with Crippen molar-refractivity contribution in [3.8, 4) is 0 Å². The van der Waals surface area contributed by atoms with Crippen LogP contribution in [0.4, 0.5) is 10.7 Å². The molecule has 0 saturated heterocycles. The van der Waals surface area contributed by atoms with Crippen molar-refractivity contribution in [1.82, 2.24) is 19.5 Å². The number of hydrogen-bond donors (Lipinski definition) is 2. The number of amides is 1. The lowest BCUT2D eigenvalue weighted by Crippen LogP contribution is -2.24. The van der Waals surface area contributed by atoms with Crippen LogP contribution in [-0.2, 0) is 11.3 Å². The highest BCUT2D eigenvalue weighted by Crippen LogP contribution is 2.29. The van der Waals surface area contributed by atoms with Crippen LogP contribution >= 0.6 is 23.2 Å². The van der Waals surface area contributed by atoms with Gasteiger partial charge >= 0.3 is 6.09 Å². The molecule has 2 aromatic heterocycles. The van der Waals surface area contributed by atoms with E-state index in [9.17, 15) is 4.79 Å². The minimum Gasteiger partial charge on any atom is -0.465 e. The first-order valence-corrected chi connectivity index (χ1v) is 10.7. The highest BCUT2D eigenvalue weighted by Gasteiger charge is 2.16. The van der Waals surface area contributed by atoms with Crippen molar-refractivity contribution in [2.75, 3.05) is 18.6 Å². The van der Waals surface area contributed by atoms with Crippen molar-refractivity contribution < 1.29 is 14.6 Å². The van der Waals surface area contributed by atoms with Crippen molar-refractivity contribution in [3.05, 3.63) is 89.4 Å². The molecule has 8 nitrogen and oxygen atoms in total. The fourth-order valence-corrected chi connectivity index (χ4v) is 3.49. The van der Waals surface area contributed by atoms with Crippen molar-refractivity contribution in [1.29, 1.82) is 0 Å². The van der Waals surface area contributed by atoms with E-state index in [0.29, 0.717) is 29.1 Å². The number of ether oxygens (including phenoxy) is 1. The number of nitrogens with one attached hydrogen (secondary N) is 1. The average molecular weight is 488 g/mol. The number of halogens is 2. The summed E-state index contributed by atoms with van der Waals surface area (Å²) in [5.74, 6) is 0.332. The molecule has 0 saturated carbocycles. The first-order valence-electron chi connectivity index (χ1n) is 9.93. The zero-order chi connectivity index (χ0) is 23.8. The van der Waals surface area contributed by atoms with Crippen molar-refractivity contribution in [2.24, 2.45) is 0 Å². The average Bonchev–Trinajstić information content (AvgIpc) is 3.46. The third-order valence-electron chi connectivity index (χ3n) is 4.64. The van der Waals surface area contributed by atoms with E-state index in [1.54, 1.807) is 30.7 Å². The quantitative estimate of drug-likeness (QED) is 0.320. The van der Waals surface area contributed by atoms with E-state index in [1.807, 2.05) is 41.1 Å². The minimum absolute atomic E-state index is 0.169. The van der Waals surface area contributed by atoms with Crippen LogP contribution < -0.4 is 4.90 Å². The van der Waals surface area contributed by atoms with E-state index < -0.39 is 6.09 Å². The van der Waals surface area contributed by atoms with Gasteiger partial charge in [0, 0.05) is 35.1 Å². The molecule has 4 rings (SSSR count). The predicted molar refractivity (Wildman–Crippen MR) is 130 cm³/mol. The Labute approximate surface area is 201 Å². The molecule has 1 amide bonds. The number of fused-ring (bicyclic) bond motifs is 1. The Morgan fingerprint density at radius 2 is 2.12 bits per heavy atom. The van der Waals surface area contributed by atoms with Crippen LogP contribution in [-0.4, -0.2) is 44.4 Å². The largest absolute Gasteiger partial charge is 0.465 e. The van der Waals surface area contributed by atoms with Gasteiger partial charge in [-0.15, -0.1) is 6.58 Å². The highest BCUT2D eigenvalue weighted by atomic mass is 35.5. The van der Waals surface area contributed by atoms with Crippen molar-refractivity contribution in [2.45, 2.75) is 12.6 Å². The van der Waals surface area contributed by atoms with Gasteiger partial charge in [-0.2, -0.15) is 0 Å². The maximum atomic E-state index is 10.6. The molecule has 1 atom stereocenters. The normalized spacial score (nSPS) is 11.5. The number of hydrogen-bond acceptors (Lipinski definition) is 4. The Balaban J connectivity index is 0.000000194. The molecule has 2 N–H and O–H groups in total. The number of carbonyl (C=O) groups is 1. The lowest BCUT2D eigenvalue weighted by molar-refractivity contribution is 0.0608. The Bertz CT molecular complexity index is 1180. The van der Waals surface area contributed by atoms with Gasteiger partial charge in [-0.3, -0.25) is 4.90 Å². The Hall–Kier alpha value is -3.33. The van der Waals surface area contributed by atoms with Gasteiger partial charge in [0.2, 0.25) is 5.95 Å². The van der Waals surface area contributed by atoms with Gasteiger partial charge in [-0.25, -0.2) is 14.8 Å². The summed E-state index contributed by atoms with van der Waals surface area (Å²) >= 11 is 12.1. The summed E-state index contributed by atoms with van der Waals surface area (Å²) in [4.78, 5) is 22.7. The second-order valence-electron chi connectivity index (χ2n) is 6.96. The monoisotopic (exact) mass is 487 g/mol. The van der Waals surface area contributed by atoms with Crippen LogP contribution in [0.2, 0.25) is 10.0 Å². The molecule has 0 spiro atoms. The third-order valence-corrected chi connectivity index (χ3v) is 5.20. The summed E-state index contributed by atoms with van der Waals surface area (Å²) < 4.78 is 7.72. The Morgan fingerprint density at radius 3 is 2.76 bits per heavy atom. The lowest BCUT2D eigenvalue weighted by atomic mass is 10.1. The smallest absolute Gasteiger partial charge is 0.413 e. The maximum Gasteiger partial charge on any atom is 0.413 e. The summed E-state index contributed by atoms with van der Waals surface area (Å²) in [6.07, 6.45) is 5.86. The van der Waals surface area contributed by atoms with E-state index in [1.165, 1.54) is 7.05 Å². The molecule has 2 aromatic carbocycles. The number of nitrogens with zero attached hydrogens (tertiary/aromatic N) is 4. The summed E-state index contributed by atoms with van der Waals surface area (Å²) in [5.41, 5.74) is 2.49. The molecule has 0 aliphatic heterocycles. The van der Waals surface area contributed by atoms with E-state index in [0.717, 1.165) is 21.5 Å². The number of aromatic amines is 1. The van der Waals surface area contributed by atoms with Gasteiger partial charge in [-0.1, -0.05) is 47.5 Å². The predicted octanol–water partition coefficient (Wildman–Crippen LogP) is 5.81. The zero-order valence-electron chi connectivity index (χ0n) is 17.9. The number of aromatic nitrogens is 4. The van der Waals surface area contributed by atoms with Gasteiger partial charge in [0.25, 0.3) is 0 Å². The Kier molecular flexibility index (Phi) is 8.48. The van der Waals surface area contributed by atoms with Gasteiger partial charge < -0.3 is 19.4 Å². The standard InChI is InChI=1S/C14H14Cl2N2O.C9H9N3O2/c1-2-7-19-14(9-18-6-5-17-10-18)12-4-3-11(15)8-13(12)16;1-12(9(13)14)8-10-6-4-2-3-5-7(6)11-8/h2-6,8,10,14H,1,7,9H2;2-5H,1H3,(H,10,11)(H,13,14). The fourth-order valence-electron chi connectivity index (χ4n) is 2.96. The molecule has 33 heavy (non-hydrogen) atoms. The summed E-state index contributed by atoms with van der Waals surface area (Å²) in [5, 5.41) is 9.94. The first-order chi connectivity index (χ1) is 15.9. The minimum atomic E-state index is -1.04. The van der Waals surface area contributed by atoms with E-state index in [4.69, 9.17) is 33.0 Å². The molecule has 172 valence electrons. The van der Waals surface area contributed by atoms with Crippen LogP contribution in [0.5, 0.6) is 0 Å². The van der Waals surface area contributed by atoms with Crippen LogP contribution in [0, 0.1) is 0 Å². The number of para-hydroxylation sites is 2. The molecule has 0 fully saturated rings.